The number of aromatic nitrogens is 4. The Morgan fingerprint density at radius 2 is 1.13 bits per heavy atom. The quantitative estimate of drug-likeness (QED) is 0.598. The number of hydrogen-bond acceptors (Lipinski definition) is 8. The molecule has 30 heavy (non-hydrogen) atoms. The van der Waals surface area contributed by atoms with Crippen molar-refractivity contribution in [2.45, 2.75) is 46.8 Å². The zero-order chi connectivity index (χ0) is 22.1. The number of carbonyl (C=O) groups excluding carboxylic acids is 2. The van der Waals surface area contributed by atoms with Crippen LogP contribution in [0.25, 0.3) is 0 Å². The van der Waals surface area contributed by atoms with Crippen molar-refractivity contribution in [2.24, 2.45) is 5.92 Å². The smallest absolute Gasteiger partial charge is 0.271 e. The Balaban J connectivity index is 1.75. The van der Waals surface area contributed by atoms with Crippen molar-refractivity contribution >= 4 is 11.8 Å². The molecule has 0 spiro atoms. The van der Waals surface area contributed by atoms with Crippen LogP contribution in [0.2, 0.25) is 0 Å². The molecule has 0 atom stereocenters. The number of rotatable bonds is 10. The van der Waals surface area contributed by atoms with Gasteiger partial charge in [-0.1, -0.05) is 6.92 Å². The summed E-state index contributed by atoms with van der Waals surface area (Å²) in [6, 6.07) is 0. The number of hydrogen-bond donors (Lipinski definition) is 2. The molecule has 0 bridgehead atoms. The van der Waals surface area contributed by atoms with Gasteiger partial charge in [-0.3, -0.25) is 9.59 Å². The molecule has 2 aromatic heterocycles. The van der Waals surface area contributed by atoms with Gasteiger partial charge in [0.25, 0.3) is 11.8 Å². The largest absolute Gasteiger partial charge is 0.474 e. The van der Waals surface area contributed by atoms with Gasteiger partial charge in [-0.15, -0.1) is 0 Å². The summed E-state index contributed by atoms with van der Waals surface area (Å²) in [6.45, 7) is 10.1. The van der Waals surface area contributed by atoms with Crippen molar-refractivity contribution in [3.63, 3.8) is 0 Å². The fourth-order valence-electron chi connectivity index (χ4n) is 2.26. The van der Waals surface area contributed by atoms with Gasteiger partial charge in [-0.05, 0) is 33.6 Å². The highest BCUT2D eigenvalue weighted by Gasteiger charge is 2.13. The first kappa shape index (κ1) is 23.0. The third-order valence-corrected chi connectivity index (χ3v) is 3.66. The summed E-state index contributed by atoms with van der Waals surface area (Å²) in [4.78, 5) is 40.6. The fraction of sp³-hybridized carbons (Fsp3) is 0.500. The van der Waals surface area contributed by atoms with Crippen LogP contribution >= 0.6 is 0 Å². The molecule has 10 heteroatoms. The molecular formula is C20H28N6O4. The van der Waals surface area contributed by atoms with Crippen LogP contribution in [0.4, 0.5) is 0 Å². The van der Waals surface area contributed by atoms with Gasteiger partial charge >= 0.3 is 0 Å². The molecule has 0 unspecified atom stereocenters. The standard InChI is InChI=1S/C20H28N6O4/c1-12(2)29-17-10-21-15(8-23-17)19(27)25-6-14(5)7-26-20(28)16-9-24-18(11-22-16)30-13(3)4/h8-14H,6-7H2,1-5H3,(H,25,27)(H,26,28). The third kappa shape index (κ3) is 7.61. The van der Waals surface area contributed by atoms with Crippen LogP contribution in [-0.4, -0.2) is 57.0 Å². The maximum atomic E-state index is 12.2. The van der Waals surface area contributed by atoms with Gasteiger partial charge in [-0.25, -0.2) is 19.9 Å². The summed E-state index contributed by atoms with van der Waals surface area (Å²) in [5.41, 5.74) is 0.391. The van der Waals surface area contributed by atoms with Crippen LogP contribution in [0, 0.1) is 5.92 Å². The van der Waals surface area contributed by atoms with Gasteiger partial charge in [0.2, 0.25) is 11.8 Å². The molecule has 2 aromatic rings. The van der Waals surface area contributed by atoms with Crippen molar-refractivity contribution in [1.29, 1.82) is 0 Å². The molecule has 0 aliphatic carbocycles. The number of amides is 2. The average Bonchev–Trinajstić information content (AvgIpc) is 2.70. The van der Waals surface area contributed by atoms with E-state index in [-0.39, 0.29) is 41.3 Å². The highest BCUT2D eigenvalue weighted by atomic mass is 16.5. The summed E-state index contributed by atoms with van der Waals surface area (Å²) < 4.78 is 10.8. The first-order chi connectivity index (χ1) is 14.2. The second kappa shape index (κ2) is 11.0. The number of carbonyl (C=O) groups is 2. The molecule has 0 radical (unpaired) electrons. The number of nitrogens with one attached hydrogen (secondary N) is 2. The fourth-order valence-corrected chi connectivity index (χ4v) is 2.26. The Labute approximate surface area is 175 Å². The molecule has 0 saturated carbocycles. The van der Waals surface area contributed by atoms with Crippen LogP contribution in [0.5, 0.6) is 11.8 Å². The lowest BCUT2D eigenvalue weighted by molar-refractivity contribution is 0.0936. The maximum Gasteiger partial charge on any atom is 0.271 e. The second-order valence-corrected chi connectivity index (χ2v) is 7.34. The van der Waals surface area contributed by atoms with Crippen LogP contribution < -0.4 is 20.1 Å². The predicted molar refractivity (Wildman–Crippen MR) is 109 cm³/mol. The molecule has 2 rings (SSSR count). The first-order valence-electron chi connectivity index (χ1n) is 9.78. The van der Waals surface area contributed by atoms with Crippen molar-refractivity contribution in [3.05, 3.63) is 36.2 Å². The Hall–Kier alpha value is -3.30. The SMILES string of the molecule is CC(CNC(=O)c1cnc(OC(C)C)cn1)CNC(=O)c1cnc(OC(C)C)cn1. The molecular weight excluding hydrogens is 388 g/mol. The molecule has 2 N–H and O–H groups in total. The van der Waals surface area contributed by atoms with Crippen LogP contribution in [0.1, 0.15) is 55.6 Å². The summed E-state index contributed by atoms with van der Waals surface area (Å²) in [6.07, 6.45) is 5.52. The highest BCUT2D eigenvalue weighted by Crippen LogP contribution is 2.07. The van der Waals surface area contributed by atoms with Gasteiger partial charge in [0.05, 0.1) is 37.0 Å². The molecule has 2 amide bonds. The van der Waals surface area contributed by atoms with E-state index in [4.69, 9.17) is 9.47 Å². The Kier molecular flexibility index (Phi) is 8.45. The Bertz CT molecular complexity index is 755. The molecule has 0 aromatic carbocycles. The van der Waals surface area contributed by atoms with E-state index >= 15 is 0 Å². The van der Waals surface area contributed by atoms with Gasteiger partial charge in [0.15, 0.2) is 0 Å². The summed E-state index contributed by atoms with van der Waals surface area (Å²) >= 11 is 0. The molecule has 0 aliphatic heterocycles. The minimum atomic E-state index is -0.344. The normalized spacial score (nSPS) is 10.9. The zero-order valence-electron chi connectivity index (χ0n) is 17.9. The lowest BCUT2D eigenvalue weighted by Gasteiger charge is -2.14. The molecule has 0 fully saturated rings. The second-order valence-electron chi connectivity index (χ2n) is 7.34. The van der Waals surface area contributed by atoms with Crippen molar-refractivity contribution in [2.75, 3.05) is 13.1 Å². The van der Waals surface area contributed by atoms with E-state index < -0.39 is 0 Å². The molecule has 0 saturated heterocycles. The molecule has 10 nitrogen and oxygen atoms in total. The minimum Gasteiger partial charge on any atom is -0.474 e. The highest BCUT2D eigenvalue weighted by molar-refractivity contribution is 5.92. The summed E-state index contributed by atoms with van der Waals surface area (Å²) in [7, 11) is 0. The van der Waals surface area contributed by atoms with E-state index in [0.717, 1.165) is 0 Å². The minimum absolute atomic E-state index is 0.00841. The van der Waals surface area contributed by atoms with E-state index in [1.807, 2.05) is 34.6 Å². The van der Waals surface area contributed by atoms with Gasteiger partial charge in [0.1, 0.15) is 11.4 Å². The van der Waals surface area contributed by atoms with Gasteiger partial charge in [0, 0.05) is 13.1 Å². The molecule has 162 valence electrons. The number of nitrogens with zero attached hydrogens (tertiary/aromatic N) is 4. The van der Waals surface area contributed by atoms with Crippen LogP contribution in [0.3, 0.4) is 0 Å². The summed E-state index contributed by atoms with van der Waals surface area (Å²) in [5, 5.41) is 5.54. The van der Waals surface area contributed by atoms with E-state index in [9.17, 15) is 9.59 Å². The molecule has 2 heterocycles. The topological polar surface area (TPSA) is 128 Å². The average molecular weight is 416 g/mol. The van der Waals surface area contributed by atoms with Crippen molar-refractivity contribution in [3.8, 4) is 11.8 Å². The van der Waals surface area contributed by atoms with Gasteiger partial charge in [-0.2, -0.15) is 0 Å². The van der Waals surface area contributed by atoms with Gasteiger partial charge < -0.3 is 20.1 Å². The monoisotopic (exact) mass is 416 g/mol. The maximum absolute atomic E-state index is 12.2. The Morgan fingerprint density at radius 3 is 1.43 bits per heavy atom. The third-order valence-electron chi connectivity index (χ3n) is 3.66. The zero-order valence-corrected chi connectivity index (χ0v) is 17.9. The lowest BCUT2D eigenvalue weighted by Crippen LogP contribution is -2.36. The van der Waals surface area contributed by atoms with Crippen molar-refractivity contribution < 1.29 is 19.1 Å². The predicted octanol–water partition coefficient (Wildman–Crippen LogP) is 1.64. The van der Waals surface area contributed by atoms with Crippen LogP contribution in [0.15, 0.2) is 24.8 Å². The molecule has 0 aliphatic rings. The van der Waals surface area contributed by atoms with Crippen LogP contribution in [-0.2, 0) is 0 Å². The van der Waals surface area contributed by atoms with E-state index in [0.29, 0.717) is 24.8 Å². The van der Waals surface area contributed by atoms with Crippen molar-refractivity contribution in [1.82, 2.24) is 30.6 Å². The van der Waals surface area contributed by atoms with E-state index in [1.54, 1.807) is 0 Å². The lowest BCUT2D eigenvalue weighted by atomic mass is 10.2. The van der Waals surface area contributed by atoms with E-state index in [1.165, 1.54) is 24.8 Å². The first-order valence-corrected chi connectivity index (χ1v) is 9.78. The Morgan fingerprint density at radius 1 is 0.733 bits per heavy atom. The number of ether oxygens (including phenoxy) is 2. The summed E-state index contributed by atoms with van der Waals surface area (Å²) in [5.74, 6) is 0.0340. The van der Waals surface area contributed by atoms with E-state index in [2.05, 4.69) is 30.6 Å².